The van der Waals surface area contributed by atoms with E-state index < -0.39 is 0 Å². The molecule has 10 heteroatoms. The lowest BCUT2D eigenvalue weighted by atomic mass is 10.1. The summed E-state index contributed by atoms with van der Waals surface area (Å²) in [6.07, 6.45) is 10.5. The number of methoxy groups -OCH3 is 1. The van der Waals surface area contributed by atoms with Crippen molar-refractivity contribution in [2.75, 3.05) is 12.4 Å². The maximum Gasteiger partial charge on any atom is 0.218 e. The minimum atomic E-state index is 0.455. The number of nitrogens with zero attached hydrogens (tertiary/aromatic N) is 8. The first-order valence-electron chi connectivity index (χ1n) is 9.55. The molecule has 0 aliphatic carbocycles. The van der Waals surface area contributed by atoms with E-state index in [9.17, 15) is 0 Å². The fourth-order valence-corrected chi connectivity index (χ4v) is 3.46. The zero-order chi connectivity index (χ0) is 21.4. The number of anilines is 2. The largest absolute Gasteiger partial charge is 0.481 e. The van der Waals surface area contributed by atoms with Crippen LogP contribution in [0.25, 0.3) is 28.3 Å². The van der Waals surface area contributed by atoms with E-state index in [2.05, 4.69) is 25.3 Å². The molecule has 154 valence electrons. The Kier molecular flexibility index (Phi) is 4.51. The summed E-state index contributed by atoms with van der Waals surface area (Å²) < 4.78 is 8.91. The highest BCUT2D eigenvalue weighted by Gasteiger charge is 2.19. The van der Waals surface area contributed by atoms with Crippen LogP contribution >= 0.6 is 0 Å². The van der Waals surface area contributed by atoms with Crippen LogP contribution in [0.5, 0.6) is 5.88 Å². The van der Waals surface area contributed by atoms with Gasteiger partial charge in [-0.2, -0.15) is 0 Å². The Labute approximate surface area is 177 Å². The number of imidazole rings is 1. The van der Waals surface area contributed by atoms with Crippen LogP contribution in [0.4, 0.5) is 11.6 Å². The van der Waals surface area contributed by atoms with Crippen LogP contribution in [0.2, 0.25) is 0 Å². The van der Waals surface area contributed by atoms with Crippen molar-refractivity contribution in [1.29, 1.82) is 0 Å². The Morgan fingerprint density at radius 2 is 1.90 bits per heavy atom. The molecule has 0 saturated heterocycles. The van der Waals surface area contributed by atoms with Crippen LogP contribution < -0.4 is 10.1 Å². The summed E-state index contributed by atoms with van der Waals surface area (Å²) in [5.41, 5.74) is 3.95. The fraction of sp³-hybridized carbons (Fsp3) is 0.143. The molecule has 0 aromatic carbocycles. The Hall–Kier alpha value is -4.34. The first-order valence-corrected chi connectivity index (χ1v) is 9.55. The van der Waals surface area contributed by atoms with E-state index in [4.69, 9.17) is 14.8 Å². The van der Waals surface area contributed by atoms with E-state index in [0.717, 1.165) is 22.2 Å². The van der Waals surface area contributed by atoms with Crippen LogP contribution in [0.15, 0.2) is 55.5 Å². The summed E-state index contributed by atoms with van der Waals surface area (Å²) in [6, 6.07) is 5.65. The molecular formula is C21H19N9O. The molecule has 0 aliphatic heterocycles. The fourth-order valence-electron chi connectivity index (χ4n) is 3.46. The maximum absolute atomic E-state index is 5.22. The van der Waals surface area contributed by atoms with Gasteiger partial charge in [0.2, 0.25) is 11.7 Å². The Morgan fingerprint density at radius 1 is 1.06 bits per heavy atom. The van der Waals surface area contributed by atoms with Gasteiger partial charge in [0.25, 0.3) is 0 Å². The molecular weight excluding hydrogens is 394 g/mol. The van der Waals surface area contributed by atoms with Crippen molar-refractivity contribution < 1.29 is 4.74 Å². The van der Waals surface area contributed by atoms with Gasteiger partial charge in [-0.25, -0.2) is 24.5 Å². The van der Waals surface area contributed by atoms with E-state index in [1.807, 2.05) is 47.6 Å². The first-order chi connectivity index (χ1) is 15.1. The summed E-state index contributed by atoms with van der Waals surface area (Å²) in [4.78, 5) is 21.7. The summed E-state index contributed by atoms with van der Waals surface area (Å²) in [5.74, 6) is 2.76. The molecule has 5 rings (SSSR count). The minimum Gasteiger partial charge on any atom is -0.481 e. The number of hydrogen-bond donors (Lipinski definition) is 1. The van der Waals surface area contributed by atoms with E-state index in [1.165, 1.54) is 6.33 Å². The smallest absolute Gasteiger partial charge is 0.218 e. The van der Waals surface area contributed by atoms with Crippen molar-refractivity contribution in [2.24, 2.45) is 7.05 Å². The van der Waals surface area contributed by atoms with Crippen molar-refractivity contribution in [3.63, 3.8) is 0 Å². The average molecular weight is 413 g/mol. The molecule has 0 spiro atoms. The van der Waals surface area contributed by atoms with Crippen molar-refractivity contribution >= 4 is 17.2 Å². The summed E-state index contributed by atoms with van der Waals surface area (Å²) in [5, 5.41) is 8.03. The third-order valence-corrected chi connectivity index (χ3v) is 4.99. The van der Waals surface area contributed by atoms with Gasteiger partial charge in [0.05, 0.1) is 7.11 Å². The molecule has 0 aliphatic rings. The number of nitrogens with one attached hydrogen (secondary N) is 1. The lowest BCUT2D eigenvalue weighted by Gasteiger charge is -2.10. The number of ether oxygens (including phenoxy) is 1. The molecule has 10 nitrogen and oxygen atoms in total. The van der Waals surface area contributed by atoms with Gasteiger partial charge >= 0.3 is 0 Å². The summed E-state index contributed by atoms with van der Waals surface area (Å²) >= 11 is 0. The van der Waals surface area contributed by atoms with E-state index in [-0.39, 0.29) is 0 Å². The van der Waals surface area contributed by atoms with Gasteiger partial charge in [0.15, 0.2) is 11.6 Å². The predicted molar refractivity (Wildman–Crippen MR) is 115 cm³/mol. The zero-order valence-electron chi connectivity index (χ0n) is 17.2. The van der Waals surface area contributed by atoms with Crippen molar-refractivity contribution in [2.45, 2.75) is 6.92 Å². The third kappa shape index (κ3) is 3.33. The normalized spacial score (nSPS) is 11.1. The second-order valence-corrected chi connectivity index (χ2v) is 6.91. The van der Waals surface area contributed by atoms with E-state index in [0.29, 0.717) is 29.2 Å². The van der Waals surface area contributed by atoms with Gasteiger partial charge in [-0.3, -0.25) is 4.98 Å². The number of hydrogen-bond acceptors (Lipinski definition) is 8. The standard InChI is InChI=1S/C21H19N9O/c1-13-15(14-4-6-22-7-5-14)11-30-18(13)19(26-16-10-17(31-3)25-12-24-16)27-20(28-30)21-23-8-9-29(21)2/h4-12H,1-3H3,(H,24,25,26,27,28). The molecule has 0 atom stereocenters. The van der Waals surface area contributed by atoms with Crippen LogP contribution in [-0.4, -0.2) is 46.2 Å². The monoisotopic (exact) mass is 413 g/mol. The maximum atomic E-state index is 5.22. The highest BCUT2D eigenvalue weighted by molar-refractivity contribution is 5.84. The van der Waals surface area contributed by atoms with E-state index >= 15 is 0 Å². The van der Waals surface area contributed by atoms with Crippen LogP contribution in [0.1, 0.15) is 5.56 Å². The molecule has 0 bridgehead atoms. The molecule has 5 aromatic rings. The number of aromatic nitrogens is 8. The van der Waals surface area contributed by atoms with Crippen LogP contribution in [0.3, 0.4) is 0 Å². The van der Waals surface area contributed by atoms with Crippen LogP contribution in [0, 0.1) is 6.92 Å². The lowest BCUT2D eigenvalue weighted by molar-refractivity contribution is 0.397. The van der Waals surface area contributed by atoms with Gasteiger partial charge in [-0.05, 0) is 30.2 Å². The minimum absolute atomic E-state index is 0.455. The van der Waals surface area contributed by atoms with Gasteiger partial charge in [-0.15, -0.1) is 5.10 Å². The SMILES string of the molecule is COc1cc(Nc2nc(-c3nccn3C)nn3cc(-c4ccncc4)c(C)c23)ncn1. The summed E-state index contributed by atoms with van der Waals surface area (Å²) in [7, 11) is 3.47. The number of fused-ring (bicyclic) bond motifs is 1. The Bertz CT molecular complexity index is 1370. The van der Waals surface area contributed by atoms with E-state index in [1.54, 1.807) is 31.8 Å². The molecule has 1 N–H and O–H groups in total. The number of rotatable bonds is 5. The molecule has 0 unspecified atom stereocenters. The van der Waals surface area contributed by atoms with Crippen molar-refractivity contribution in [3.05, 3.63) is 61.1 Å². The van der Waals surface area contributed by atoms with Gasteiger partial charge in [0.1, 0.15) is 17.7 Å². The highest BCUT2D eigenvalue weighted by atomic mass is 16.5. The number of aryl methyl sites for hydroxylation is 2. The van der Waals surface area contributed by atoms with Crippen LogP contribution in [-0.2, 0) is 7.05 Å². The highest BCUT2D eigenvalue weighted by Crippen LogP contribution is 2.32. The zero-order valence-corrected chi connectivity index (χ0v) is 17.2. The lowest BCUT2D eigenvalue weighted by Crippen LogP contribution is -2.07. The molecule has 5 aromatic heterocycles. The Balaban J connectivity index is 1.72. The quantitative estimate of drug-likeness (QED) is 0.468. The second-order valence-electron chi connectivity index (χ2n) is 6.91. The first kappa shape index (κ1) is 18.7. The molecule has 0 saturated carbocycles. The molecule has 0 radical (unpaired) electrons. The molecule has 0 amide bonds. The van der Waals surface area contributed by atoms with Crippen molar-refractivity contribution in [3.8, 4) is 28.7 Å². The Morgan fingerprint density at radius 3 is 2.65 bits per heavy atom. The molecule has 5 heterocycles. The number of pyridine rings is 1. The average Bonchev–Trinajstić information content (AvgIpc) is 3.37. The molecule has 31 heavy (non-hydrogen) atoms. The molecule has 0 fully saturated rings. The summed E-state index contributed by atoms with van der Waals surface area (Å²) in [6.45, 7) is 2.04. The van der Waals surface area contributed by atoms with Gasteiger partial charge in [0, 0.05) is 49.7 Å². The van der Waals surface area contributed by atoms with Crippen molar-refractivity contribution in [1.82, 2.24) is 39.1 Å². The van der Waals surface area contributed by atoms with Gasteiger partial charge < -0.3 is 14.6 Å². The third-order valence-electron chi connectivity index (χ3n) is 4.99. The topological polar surface area (TPSA) is 108 Å². The second kappa shape index (κ2) is 7.48. The van der Waals surface area contributed by atoms with Gasteiger partial charge in [-0.1, -0.05) is 0 Å². The predicted octanol–water partition coefficient (Wildman–Crippen LogP) is 3.04.